The van der Waals surface area contributed by atoms with Crippen LogP contribution in [0.3, 0.4) is 0 Å². The molecule has 98 valence electrons. The van der Waals surface area contributed by atoms with Gasteiger partial charge in [-0.2, -0.15) is 0 Å². The van der Waals surface area contributed by atoms with Crippen molar-refractivity contribution >= 4 is 30.6 Å². The van der Waals surface area contributed by atoms with E-state index in [-0.39, 0.29) is 24.8 Å². The number of nitrogens with zero attached hydrogens (tertiary/aromatic N) is 1. The molecule has 1 aromatic rings. The number of pyridine rings is 1. The van der Waals surface area contributed by atoms with Crippen LogP contribution >= 0.6 is 24.8 Å². The molecule has 0 radical (unpaired) electrons. The van der Waals surface area contributed by atoms with E-state index < -0.39 is 6.10 Å². The number of aliphatic hydroxyl groups is 1. The monoisotopic (exact) mass is 279 g/mol. The molecule has 1 atom stereocenters. The molecule has 0 aliphatic heterocycles. The molecular weight excluding hydrogens is 261 g/mol. The van der Waals surface area contributed by atoms with Gasteiger partial charge in [0.2, 0.25) is 0 Å². The molecule has 2 rings (SSSR count). The van der Waals surface area contributed by atoms with E-state index in [9.17, 15) is 5.11 Å². The van der Waals surface area contributed by atoms with Crippen molar-refractivity contribution in [1.82, 2.24) is 10.3 Å². The number of halogens is 2. The lowest BCUT2D eigenvalue weighted by Crippen LogP contribution is -2.37. The van der Waals surface area contributed by atoms with Gasteiger partial charge in [0.1, 0.15) is 5.82 Å². The third-order valence-corrected chi connectivity index (χ3v) is 2.90. The van der Waals surface area contributed by atoms with E-state index in [1.807, 2.05) is 6.07 Å². The maximum atomic E-state index is 9.84. The number of aliphatic hydroxyl groups excluding tert-OH is 1. The van der Waals surface area contributed by atoms with Crippen LogP contribution in [0, 0.1) is 0 Å². The fourth-order valence-electron chi connectivity index (χ4n) is 1.62. The Kier molecular flexibility index (Phi) is 7.46. The standard InChI is InChI=1S/C11H17N3O.2ClH/c12-11-5-4-8(6-14-11)10(15)7-13-9-2-1-3-9;;/h4-6,9-10,13,15H,1-3,7H2,(H2,12,14);2*1H. The first-order chi connectivity index (χ1) is 7.25. The zero-order valence-corrected chi connectivity index (χ0v) is 11.1. The summed E-state index contributed by atoms with van der Waals surface area (Å²) in [6.45, 7) is 0.594. The van der Waals surface area contributed by atoms with E-state index in [0.717, 1.165) is 5.56 Å². The van der Waals surface area contributed by atoms with Crippen LogP contribution in [0.15, 0.2) is 18.3 Å². The molecule has 1 aromatic heterocycles. The lowest BCUT2D eigenvalue weighted by atomic mass is 9.93. The van der Waals surface area contributed by atoms with E-state index in [4.69, 9.17) is 5.73 Å². The van der Waals surface area contributed by atoms with E-state index >= 15 is 0 Å². The minimum absolute atomic E-state index is 0. The van der Waals surface area contributed by atoms with Gasteiger partial charge in [-0.25, -0.2) is 4.98 Å². The predicted molar refractivity (Wildman–Crippen MR) is 73.7 cm³/mol. The first-order valence-electron chi connectivity index (χ1n) is 5.38. The van der Waals surface area contributed by atoms with Crippen LogP contribution in [-0.4, -0.2) is 22.7 Å². The Balaban J connectivity index is 0.00000128. The highest BCUT2D eigenvalue weighted by atomic mass is 35.5. The second kappa shape index (κ2) is 7.71. The first-order valence-corrected chi connectivity index (χ1v) is 5.38. The fraction of sp³-hybridized carbons (Fsp3) is 0.545. The van der Waals surface area contributed by atoms with Gasteiger partial charge in [0.15, 0.2) is 0 Å². The van der Waals surface area contributed by atoms with E-state index in [1.54, 1.807) is 12.3 Å². The Labute approximate surface area is 114 Å². The summed E-state index contributed by atoms with van der Waals surface area (Å²) in [5.41, 5.74) is 6.29. The number of nitrogens with one attached hydrogen (secondary N) is 1. The Morgan fingerprint density at radius 3 is 2.59 bits per heavy atom. The third-order valence-electron chi connectivity index (χ3n) is 2.90. The van der Waals surface area contributed by atoms with E-state index in [0.29, 0.717) is 18.4 Å². The highest BCUT2D eigenvalue weighted by molar-refractivity contribution is 5.85. The van der Waals surface area contributed by atoms with Gasteiger partial charge in [0.05, 0.1) is 6.10 Å². The van der Waals surface area contributed by atoms with Gasteiger partial charge in [-0.15, -0.1) is 24.8 Å². The van der Waals surface area contributed by atoms with Crippen LogP contribution in [0.25, 0.3) is 0 Å². The van der Waals surface area contributed by atoms with Gasteiger partial charge in [-0.1, -0.05) is 12.5 Å². The molecule has 4 nitrogen and oxygen atoms in total. The SMILES string of the molecule is Cl.Cl.Nc1ccc(C(O)CNC2CCC2)cn1. The molecule has 4 N–H and O–H groups in total. The van der Waals surface area contributed by atoms with Crippen LogP contribution in [0.1, 0.15) is 30.9 Å². The maximum absolute atomic E-state index is 9.84. The van der Waals surface area contributed by atoms with Gasteiger partial charge in [-0.05, 0) is 18.9 Å². The molecule has 1 saturated carbocycles. The van der Waals surface area contributed by atoms with Gasteiger partial charge in [0.25, 0.3) is 0 Å². The van der Waals surface area contributed by atoms with Crippen molar-refractivity contribution in [2.24, 2.45) is 0 Å². The Morgan fingerprint density at radius 1 is 1.41 bits per heavy atom. The van der Waals surface area contributed by atoms with Crippen molar-refractivity contribution in [1.29, 1.82) is 0 Å². The largest absolute Gasteiger partial charge is 0.387 e. The number of hydrogen-bond donors (Lipinski definition) is 3. The number of nitrogens with two attached hydrogens (primary N) is 1. The summed E-state index contributed by atoms with van der Waals surface area (Å²) in [5.74, 6) is 0.484. The first kappa shape index (κ1) is 16.4. The molecule has 1 aliphatic rings. The summed E-state index contributed by atoms with van der Waals surface area (Å²) in [5, 5.41) is 13.2. The van der Waals surface area contributed by atoms with E-state index in [2.05, 4.69) is 10.3 Å². The molecule has 1 unspecified atom stereocenters. The van der Waals surface area contributed by atoms with Gasteiger partial charge < -0.3 is 16.2 Å². The minimum atomic E-state index is -0.487. The molecule has 0 aromatic carbocycles. The summed E-state index contributed by atoms with van der Waals surface area (Å²) in [6, 6.07) is 4.12. The van der Waals surface area contributed by atoms with Crippen LogP contribution in [-0.2, 0) is 0 Å². The van der Waals surface area contributed by atoms with Gasteiger partial charge >= 0.3 is 0 Å². The maximum Gasteiger partial charge on any atom is 0.123 e. The molecule has 1 aliphatic carbocycles. The quantitative estimate of drug-likeness (QED) is 0.784. The summed E-state index contributed by atoms with van der Waals surface area (Å²) < 4.78 is 0. The number of nitrogen functional groups attached to an aromatic ring is 1. The van der Waals surface area contributed by atoms with Gasteiger partial charge in [0, 0.05) is 24.3 Å². The summed E-state index contributed by atoms with van der Waals surface area (Å²) >= 11 is 0. The molecule has 17 heavy (non-hydrogen) atoms. The van der Waals surface area contributed by atoms with E-state index in [1.165, 1.54) is 19.3 Å². The number of aromatic nitrogens is 1. The minimum Gasteiger partial charge on any atom is -0.387 e. The molecule has 0 spiro atoms. The molecule has 0 bridgehead atoms. The second-order valence-corrected chi connectivity index (χ2v) is 4.07. The number of hydrogen-bond acceptors (Lipinski definition) is 4. The predicted octanol–water partition coefficient (Wildman–Crippen LogP) is 1.68. The normalized spacial score (nSPS) is 16.3. The fourth-order valence-corrected chi connectivity index (χ4v) is 1.62. The smallest absolute Gasteiger partial charge is 0.123 e. The van der Waals surface area contributed by atoms with Crippen LogP contribution in [0.4, 0.5) is 5.82 Å². The zero-order valence-electron chi connectivity index (χ0n) is 9.50. The topological polar surface area (TPSA) is 71.2 Å². The van der Waals surface area contributed by atoms with Crippen molar-refractivity contribution in [3.63, 3.8) is 0 Å². The molecule has 0 saturated heterocycles. The third kappa shape index (κ3) is 4.68. The average Bonchev–Trinajstić information content (AvgIpc) is 2.16. The Morgan fingerprint density at radius 2 is 2.12 bits per heavy atom. The van der Waals surface area contributed by atoms with Crippen molar-refractivity contribution in [3.05, 3.63) is 23.9 Å². The molecule has 1 fully saturated rings. The number of anilines is 1. The molecule has 0 amide bonds. The summed E-state index contributed by atoms with van der Waals surface area (Å²) in [4.78, 5) is 3.95. The summed E-state index contributed by atoms with van der Waals surface area (Å²) in [6.07, 6.45) is 4.90. The zero-order chi connectivity index (χ0) is 10.7. The van der Waals surface area contributed by atoms with Crippen molar-refractivity contribution in [2.45, 2.75) is 31.4 Å². The Hall–Kier alpha value is -0.550. The highest BCUT2D eigenvalue weighted by Gasteiger charge is 2.18. The number of rotatable bonds is 4. The lowest BCUT2D eigenvalue weighted by molar-refractivity contribution is 0.161. The average molecular weight is 280 g/mol. The van der Waals surface area contributed by atoms with Gasteiger partial charge in [-0.3, -0.25) is 0 Å². The lowest BCUT2D eigenvalue weighted by Gasteiger charge is -2.27. The van der Waals surface area contributed by atoms with Crippen molar-refractivity contribution in [3.8, 4) is 0 Å². The van der Waals surface area contributed by atoms with Crippen LogP contribution < -0.4 is 11.1 Å². The van der Waals surface area contributed by atoms with Crippen molar-refractivity contribution < 1.29 is 5.11 Å². The highest BCUT2D eigenvalue weighted by Crippen LogP contribution is 2.19. The van der Waals surface area contributed by atoms with Crippen molar-refractivity contribution in [2.75, 3.05) is 12.3 Å². The molecule has 1 heterocycles. The molecular formula is C11H19Cl2N3O. The second-order valence-electron chi connectivity index (χ2n) is 4.07. The molecule has 6 heteroatoms. The van der Waals surface area contributed by atoms with Crippen LogP contribution in [0.2, 0.25) is 0 Å². The summed E-state index contributed by atoms with van der Waals surface area (Å²) in [7, 11) is 0. The van der Waals surface area contributed by atoms with Crippen LogP contribution in [0.5, 0.6) is 0 Å². The Bertz CT molecular complexity index is 317.